The normalized spacial score (nSPS) is 21.8. The number of rotatable bonds is 12. The number of phenolic OH excluding ortho intramolecular Hbond substituents is 2. The van der Waals surface area contributed by atoms with E-state index < -0.39 is 123 Å². The van der Waals surface area contributed by atoms with Crippen molar-refractivity contribution in [1.29, 1.82) is 0 Å². The summed E-state index contributed by atoms with van der Waals surface area (Å²) in [6.45, 7) is 0.739. The Bertz CT molecular complexity index is 2010. The van der Waals surface area contributed by atoms with E-state index in [-0.39, 0.29) is 15.2 Å². The number of aromatic nitrogens is 1. The van der Waals surface area contributed by atoms with E-state index in [4.69, 9.17) is 33.8 Å². The number of nitrogens with zero attached hydrogens (tertiary/aromatic N) is 5. The average Bonchev–Trinajstić information content (AvgIpc) is 3.61. The van der Waals surface area contributed by atoms with Gasteiger partial charge < -0.3 is 40.8 Å². The Balaban J connectivity index is 1.31. The predicted molar refractivity (Wildman–Crippen MR) is 178 cm³/mol. The number of aromatic hydroxyl groups is 2. The number of hydrogen-bond acceptors (Lipinski definition) is 16. The zero-order valence-corrected chi connectivity index (χ0v) is 29.6. The van der Waals surface area contributed by atoms with Gasteiger partial charge in [0.25, 0.3) is 5.78 Å². The molecule has 3 atom stereocenters. The highest BCUT2D eigenvalue weighted by molar-refractivity contribution is 8.02. The highest BCUT2D eigenvalue weighted by atomic mass is 35.5. The van der Waals surface area contributed by atoms with Gasteiger partial charge in [0.2, 0.25) is 16.4 Å². The van der Waals surface area contributed by atoms with Crippen LogP contribution in [0, 0.1) is 5.92 Å². The van der Waals surface area contributed by atoms with Gasteiger partial charge in [0.15, 0.2) is 28.1 Å². The van der Waals surface area contributed by atoms with Crippen LogP contribution in [0.1, 0.15) is 36.3 Å². The van der Waals surface area contributed by atoms with Crippen LogP contribution in [0.25, 0.3) is 0 Å². The summed E-state index contributed by atoms with van der Waals surface area (Å²) in [5, 5.41) is 41.5. The Kier molecular flexibility index (Phi) is 10.1. The van der Waals surface area contributed by atoms with Crippen LogP contribution in [0.5, 0.6) is 11.5 Å². The fourth-order valence-corrected chi connectivity index (χ4v) is 8.11. The molecule has 24 heteroatoms. The smallest absolute Gasteiger partial charge is 0.350 e. The number of halogens is 2. The van der Waals surface area contributed by atoms with E-state index in [2.05, 4.69) is 10.1 Å². The van der Waals surface area contributed by atoms with Crippen molar-refractivity contribution in [2.24, 2.45) is 11.1 Å². The van der Waals surface area contributed by atoms with E-state index in [1.165, 1.54) is 0 Å². The summed E-state index contributed by atoms with van der Waals surface area (Å²) in [5.41, 5.74) is 4.43. The van der Waals surface area contributed by atoms with Crippen molar-refractivity contribution in [3.63, 3.8) is 0 Å². The number of benzene rings is 1. The molecule has 0 saturated carbocycles. The molecule has 1 aromatic carbocycles. The molecule has 0 aliphatic carbocycles. The molecule has 3 saturated heterocycles. The predicted octanol–water partition coefficient (Wildman–Crippen LogP) is -0.116. The van der Waals surface area contributed by atoms with Crippen LogP contribution in [0.2, 0.25) is 9.36 Å². The summed E-state index contributed by atoms with van der Waals surface area (Å²) in [5.74, 6) is -12.9. The summed E-state index contributed by atoms with van der Waals surface area (Å²) < 4.78 is -0.0886. The molecule has 4 amide bonds. The fourth-order valence-electron chi connectivity index (χ4n) is 5.24. The molecule has 3 aliphatic heterocycles. The molecule has 5 rings (SSSR count). The quantitative estimate of drug-likeness (QED) is 0.0407. The van der Waals surface area contributed by atoms with Crippen LogP contribution in [-0.4, -0.2) is 129 Å². The molecule has 3 aliphatic rings. The van der Waals surface area contributed by atoms with Crippen LogP contribution >= 0.6 is 46.3 Å². The number of amides is 4. The van der Waals surface area contributed by atoms with Crippen LogP contribution in [-0.2, 0) is 38.4 Å². The van der Waals surface area contributed by atoms with E-state index in [1.54, 1.807) is 0 Å². The summed E-state index contributed by atoms with van der Waals surface area (Å²) in [6, 6.07) is 1.83. The van der Waals surface area contributed by atoms with Crippen LogP contribution < -0.4 is 11.2 Å². The van der Waals surface area contributed by atoms with Gasteiger partial charge in [-0.2, -0.15) is 0 Å². The monoisotopic (exact) mass is 801 g/mol. The molecule has 1 aromatic heterocycles. The van der Waals surface area contributed by atoms with E-state index in [0.717, 1.165) is 42.2 Å². The van der Waals surface area contributed by atoms with Crippen LogP contribution in [0.4, 0.5) is 5.13 Å². The Labute approximate surface area is 309 Å². The molecule has 7 N–H and O–H groups in total. The first-order chi connectivity index (χ1) is 24.2. The number of anilines is 1. The number of piperazine rings is 1. The molecular formula is C28H25Cl2N7O13S2. The Hall–Kier alpha value is -5.19. The van der Waals surface area contributed by atoms with E-state index in [9.17, 15) is 58.8 Å². The zero-order valence-electron chi connectivity index (χ0n) is 26.5. The lowest BCUT2D eigenvalue weighted by Gasteiger charge is -2.41. The zero-order chi connectivity index (χ0) is 38.6. The number of hydrogen-bond donors (Lipinski definition) is 6. The first kappa shape index (κ1) is 38.1. The number of carbonyl (C=O) groups is 8. The second-order valence-electron chi connectivity index (χ2n) is 11.8. The highest BCUT2D eigenvalue weighted by Crippen LogP contribution is 2.52. The van der Waals surface area contributed by atoms with Crippen molar-refractivity contribution >= 4 is 104 Å². The SMILES string of the molecule is CC(C)(O/N=C(\C(=O)C[C@@H]1C(=O)N2C[C@@](C(=O)O)(N3CCN(NC(=O)C(=O)c4ccc(O)c(O)c4Cl)C(=O)C3=O)S[C@H]12)c1nc(N)sc1Cl)C(=O)O. The molecule has 20 nitrogen and oxygen atoms in total. The largest absolute Gasteiger partial charge is 0.504 e. The summed E-state index contributed by atoms with van der Waals surface area (Å²) >= 11 is 13.4. The van der Waals surface area contributed by atoms with Gasteiger partial charge in [-0.15, -0.1) is 0 Å². The molecule has 0 radical (unpaired) electrons. The minimum absolute atomic E-state index is 0.0611. The number of nitrogens with two attached hydrogens (primary N) is 1. The number of phenols is 2. The number of oxime groups is 1. The molecule has 2 aromatic rings. The number of thiazole rings is 1. The maximum absolute atomic E-state index is 13.5. The third-order valence-corrected chi connectivity index (χ3v) is 11.3. The maximum atomic E-state index is 13.5. The number of ketones is 2. The van der Waals surface area contributed by atoms with Gasteiger partial charge in [0, 0.05) is 13.0 Å². The molecular weight excluding hydrogens is 777 g/mol. The van der Waals surface area contributed by atoms with Crippen molar-refractivity contribution in [2.75, 3.05) is 25.4 Å². The molecule has 3 fully saturated rings. The minimum Gasteiger partial charge on any atom is -0.504 e. The molecule has 0 bridgehead atoms. The summed E-state index contributed by atoms with van der Waals surface area (Å²) in [7, 11) is 0. The van der Waals surface area contributed by atoms with Gasteiger partial charge in [0.05, 0.1) is 35.0 Å². The van der Waals surface area contributed by atoms with Gasteiger partial charge in [-0.3, -0.25) is 34.2 Å². The minimum atomic E-state index is -2.22. The van der Waals surface area contributed by atoms with Crippen molar-refractivity contribution in [2.45, 2.75) is 36.1 Å². The number of β-lactam (4-membered cyclic amide) rings is 1. The summed E-state index contributed by atoms with van der Waals surface area (Å²) in [6.07, 6.45) is -0.601. The van der Waals surface area contributed by atoms with E-state index in [0.29, 0.717) is 21.7 Å². The van der Waals surface area contributed by atoms with Crippen LogP contribution in [0.15, 0.2) is 17.3 Å². The lowest BCUT2D eigenvalue weighted by molar-refractivity contribution is -0.168. The number of thioether (sulfide) groups is 1. The number of nitrogens with one attached hydrogen (secondary N) is 1. The number of fused-ring (bicyclic) bond motifs is 1. The van der Waals surface area contributed by atoms with E-state index >= 15 is 0 Å². The first-order valence-electron chi connectivity index (χ1n) is 14.6. The van der Waals surface area contributed by atoms with Gasteiger partial charge in [-0.25, -0.2) is 19.6 Å². The molecule has 0 spiro atoms. The molecule has 52 heavy (non-hydrogen) atoms. The van der Waals surface area contributed by atoms with Crippen molar-refractivity contribution in [1.82, 2.24) is 25.2 Å². The Morgan fingerprint density at radius 2 is 1.79 bits per heavy atom. The van der Waals surface area contributed by atoms with Gasteiger partial charge in [-0.1, -0.05) is 51.5 Å². The maximum Gasteiger partial charge on any atom is 0.350 e. The lowest BCUT2D eigenvalue weighted by Crippen LogP contribution is -2.67. The number of carboxylic acid groups (broad SMARTS) is 2. The van der Waals surface area contributed by atoms with Crippen molar-refractivity contribution in [3.8, 4) is 11.5 Å². The van der Waals surface area contributed by atoms with Gasteiger partial charge in [-0.05, 0) is 26.0 Å². The number of hydrazine groups is 1. The number of nitrogen functional groups attached to an aromatic ring is 1. The standard InChI is InChI=1S/C28H25Cl2N7O13S2/c1-27(2,24(46)47)50-34-14(15-18(30)51-26(31)32-15)12(39)7-10-20(43)35-8-28(25(48)49,52-23(10)35)36-5-6-37(22(45)21(36)44)33-19(42)16(40)9-3-4-11(38)17(41)13(9)29/h3-4,10,23,38,41H,5-8H2,1-2H3,(H2,31,32)(H,33,42)(H,46,47)(H,48,49)/b34-14+/t10-,23-,28-/m1/s1. The topological polar surface area (TPSA) is 300 Å². The van der Waals surface area contributed by atoms with Crippen molar-refractivity contribution in [3.05, 3.63) is 32.7 Å². The lowest BCUT2D eigenvalue weighted by atomic mass is 9.90. The number of carboxylic acids is 2. The summed E-state index contributed by atoms with van der Waals surface area (Å²) in [4.78, 5) is 111. The number of Topliss-reactive ketones (excluding diaryl/α,β-unsaturated/α-hetero) is 2. The third kappa shape index (κ3) is 6.52. The molecule has 4 heterocycles. The third-order valence-electron chi connectivity index (χ3n) is 8.10. The van der Waals surface area contributed by atoms with Gasteiger partial charge in [0.1, 0.15) is 10.0 Å². The first-order valence-corrected chi connectivity index (χ1v) is 17.0. The Morgan fingerprint density at radius 3 is 2.38 bits per heavy atom. The average molecular weight is 803 g/mol. The second kappa shape index (κ2) is 13.7. The van der Waals surface area contributed by atoms with Gasteiger partial charge >= 0.3 is 29.7 Å². The van der Waals surface area contributed by atoms with Crippen LogP contribution in [0.3, 0.4) is 0 Å². The highest BCUT2D eigenvalue weighted by Gasteiger charge is 2.66. The van der Waals surface area contributed by atoms with E-state index in [1.807, 2.05) is 5.43 Å². The molecule has 0 unspecified atom stereocenters. The number of aliphatic carboxylic acids is 2. The van der Waals surface area contributed by atoms with Crippen molar-refractivity contribution < 1.29 is 63.6 Å². The molecule has 276 valence electrons. The second-order valence-corrected chi connectivity index (χ2v) is 15.2. The Morgan fingerprint density at radius 1 is 1.12 bits per heavy atom. The fraction of sp³-hybridized carbons (Fsp3) is 0.357. The number of carbonyl (C=O) groups excluding carboxylic acids is 6.